The lowest BCUT2D eigenvalue weighted by atomic mass is 10.1. The highest BCUT2D eigenvalue weighted by atomic mass is 16.5. The van der Waals surface area contributed by atoms with Crippen LogP contribution in [0.1, 0.15) is 27.2 Å². The fourth-order valence-electron chi connectivity index (χ4n) is 1.14. The standard InChI is InChI=1S/C5H11N3O.C5H10O2/c6-8-5(9)4-1-2-7-3-4;1-5(2,3)7-4-6/h4,7H,1-3,6H2,(H,8,9);4H,1-3H3. The lowest BCUT2D eigenvalue weighted by Crippen LogP contribution is -2.36. The number of amides is 1. The molecule has 0 aromatic carbocycles. The molecule has 1 rings (SSSR count). The van der Waals surface area contributed by atoms with Gasteiger partial charge in [0.15, 0.2) is 0 Å². The van der Waals surface area contributed by atoms with Gasteiger partial charge in [-0.3, -0.25) is 15.0 Å². The van der Waals surface area contributed by atoms with E-state index in [1.807, 2.05) is 20.8 Å². The van der Waals surface area contributed by atoms with Crippen LogP contribution in [-0.2, 0) is 14.3 Å². The number of ether oxygens (including phenoxy) is 1. The molecule has 0 aliphatic carbocycles. The summed E-state index contributed by atoms with van der Waals surface area (Å²) in [5.41, 5.74) is 1.81. The molecule has 94 valence electrons. The first-order valence-corrected chi connectivity index (χ1v) is 5.23. The maximum absolute atomic E-state index is 10.7. The fraction of sp³-hybridized carbons (Fsp3) is 0.800. The predicted octanol–water partition coefficient (Wildman–Crippen LogP) is -0.456. The van der Waals surface area contributed by atoms with Crippen molar-refractivity contribution in [2.45, 2.75) is 32.8 Å². The van der Waals surface area contributed by atoms with Gasteiger partial charge < -0.3 is 10.1 Å². The number of nitrogens with two attached hydrogens (primary N) is 1. The molecular weight excluding hydrogens is 210 g/mol. The molecule has 1 fully saturated rings. The molecule has 1 amide bonds. The van der Waals surface area contributed by atoms with E-state index in [0.29, 0.717) is 6.47 Å². The molecule has 1 heterocycles. The zero-order valence-electron chi connectivity index (χ0n) is 10.1. The zero-order chi connectivity index (χ0) is 12.6. The number of carbonyl (C=O) groups is 2. The Kier molecular flexibility index (Phi) is 6.67. The minimum atomic E-state index is -0.318. The average molecular weight is 231 g/mol. The van der Waals surface area contributed by atoms with Gasteiger partial charge in [0.1, 0.15) is 5.60 Å². The topological polar surface area (TPSA) is 93.4 Å². The number of hydrogen-bond acceptors (Lipinski definition) is 5. The van der Waals surface area contributed by atoms with E-state index in [1.54, 1.807) is 0 Å². The second kappa shape index (κ2) is 7.19. The number of carbonyl (C=O) groups excluding carboxylic acids is 2. The van der Waals surface area contributed by atoms with Crippen LogP contribution in [0.15, 0.2) is 0 Å². The lowest BCUT2D eigenvalue weighted by molar-refractivity contribution is -0.138. The van der Waals surface area contributed by atoms with E-state index in [2.05, 4.69) is 15.5 Å². The average Bonchev–Trinajstić information content (AvgIpc) is 2.68. The molecule has 0 aromatic heterocycles. The van der Waals surface area contributed by atoms with Crippen molar-refractivity contribution in [3.05, 3.63) is 0 Å². The Morgan fingerprint density at radius 2 is 2.19 bits per heavy atom. The van der Waals surface area contributed by atoms with Crippen molar-refractivity contribution in [2.24, 2.45) is 11.8 Å². The van der Waals surface area contributed by atoms with Gasteiger partial charge >= 0.3 is 0 Å². The van der Waals surface area contributed by atoms with Gasteiger partial charge in [0, 0.05) is 6.54 Å². The molecule has 1 atom stereocenters. The van der Waals surface area contributed by atoms with Crippen molar-refractivity contribution in [3.63, 3.8) is 0 Å². The van der Waals surface area contributed by atoms with Crippen LogP contribution < -0.4 is 16.6 Å². The third-order valence-electron chi connectivity index (χ3n) is 1.98. The number of hydrazine groups is 1. The Morgan fingerprint density at radius 1 is 1.56 bits per heavy atom. The molecular formula is C10H21N3O3. The van der Waals surface area contributed by atoms with E-state index in [-0.39, 0.29) is 17.4 Å². The molecule has 0 radical (unpaired) electrons. The van der Waals surface area contributed by atoms with Crippen LogP contribution in [0.4, 0.5) is 0 Å². The van der Waals surface area contributed by atoms with E-state index in [9.17, 15) is 9.59 Å². The Hall–Kier alpha value is -1.14. The highest BCUT2D eigenvalue weighted by Gasteiger charge is 2.20. The lowest BCUT2D eigenvalue weighted by Gasteiger charge is -2.14. The van der Waals surface area contributed by atoms with E-state index in [4.69, 9.17) is 5.84 Å². The monoisotopic (exact) mass is 231 g/mol. The Labute approximate surface area is 95.9 Å². The van der Waals surface area contributed by atoms with Crippen LogP contribution in [0.5, 0.6) is 0 Å². The molecule has 1 aliphatic rings. The van der Waals surface area contributed by atoms with Crippen molar-refractivity contribution < 1.29 is 14.3 Å². The van der Waals surface area contributed by atoms with Crippen LogP contribution in [0.25, 0.3) is 0 Å². The molecule has 0 spiro atoms. The second-order valence-corrected chi connectivity index (χ2v) is 4.52. The maximum Gasteiger partial charge on any atom is 0.293 e. The third-order valence-corrected chi connectivity index (χ3v) is 1.98. The van der Waals surface area contributed by atoms with Gasteiger partial charge in [0.25, 0.3) is 6.47 Å². The molecule has 6 heteroatoms. The molecule has 0 aromatic rings. The molecule has 1 aliphatic heterocycles. The number of rotatable bonds is 2. The molecule has 0 bridgehead atoms. The fourth-order valence-corrected chi connectivity index (χ4v) is 1.14. The summed E-state index contributed by atoms with van der Waals surface area (Å²) < 4.78 is 4.55. The van der Waals surface area contributed by atoms with E-state index in [0.717, 1.165) is 19.5 Å². The SMILES string of the molecule is CC(C)(C)OC=O.NNC(=O)C1CCNC1. The Bertz CT molecular complexity index is 220. The van der Waals surface area contributed by atoms with Gasteiger partial charge in [0.05, 0.1) is 5.92 Å². The molecule has 1 unspecified atom stereocenters. The number of nitrogens with one attached hydrogen (secondary N) is 2. The molecule has 16 heavy (non-hydrogen) atoms. The summed E-state index contributed by atoms with van der Waals surface area (Å²) in [6.45, 7) is 7.62. The molecule has 1 saturated heterocycles. The summed E-state index contributed by atoms with van der Waals surface area (Å²) in [6.07, 6.45) is 0.906. The first-order valence-electron chi connectivity index (χ1n) is 5.23. The van der Waals surface area contributed by atoms with Crippen molar-refractivity contribution >= 4 is 12.4 Å². The Balaban J connectivity index is 0.000000293. The van der Waals surface area contributed by atoms with Crippen molar-refractivity contribution in [1.82, 2.24) is 10.7 Å². The van der Waals surface area contributed by atoms with Crippen molar-refractivity contribution in [3.8, 4) is 0 Å². The smallest absolute Gasteiger partial charge is 0.293 e. The van der Waals surface area contributed by atoms with Crippen LogP contribution in [0.2, 0.25) is 0 Å². The van der Waals surface area contributed by atoms with E-state index < -0.39 is 0 Å². The summed E-state index contributed by atoms with van der Waals surface area (Å²) in [5, 5.41) is 3.07. The largest absolute Gasteiger partial charge is 0.462 e. The molecule has 6 nitrogen and oxygen atoms in total. The summed E-state index contributed by atoms with van der Waals surface area (Å²) >= 11 is 0. The highest BCUT2D eigenvalue weighted by Crippen LogP contribution is 2.05. The molecule has 0 saturated carbocycles. The van der Waals surface area contributed by atoms with Crippen LogP contribution in [0, 0.1) is 5.92 Å². The summed E-state index contributed by atoms with van der Waals surface area (Å²) in [6, 6.07) is 0. The van der Waals surface area contributed by atoms with Crippen molar-refractivity contribution in [1.29, 1.82) is 0 Å². The first kappa shape index (κ1) is 14.9. The van der Waals surface area contributed by atoms with Gasteiger partial charge in [-0.15, -0.1) is 0 Å². The van der Waals surface area contributed by atoms with Gasteiger partial charge in [0.2, 0.25) is 5.91 Å². The molecule has 4 N–H and O–H groups in total. The van der Waals surface area contributed by atoms with Gasteiger partial charge in [-0.2, -0.15) is 0 Å². The predicted molar refractivity (Wildman–Crippen MR) is 60.2 cm³/mol. The quantitative estimate of drug-likeness (QED) is 0.259. The summed E-state index contributed by atoms with van der Waals surface area (Å²) in [7, 11) is 0. The minimum absolute atomic E-state index is 0.0556. The Morgan fingerprint density at radius 3 is 2.44 bits per heavy atom. The van der Waals surface area contributed by atoms with E-state index in [1.165, 1.54) is 0 Å². The van der Waals surface area contributed by atoms with E-state index >= 15 is 0 Å². The highest BCUT2D eigenvalue weighted by molar-refractivity contribution is 5.78. The maximum atomic E-state index is 10.7. The van der Waals surface area contributed by atoms with Crippen LogP contribution >= 0.6 is 0 Å². The normalized spacial score (nSPS) is 19.4. The van der Waals surface area contributed by atoms with Crippen LogP contribution in [-0.4, -0.2) is 31.1 Å². The van der Waals surface area contributed by atoms with Crippen LogP contribution in [0.3, 0.4) is 0 Å². The third kappa shape index (κ3) is 7.19. The van der Waals surface area contributed by atoms with Gasteiger partial charge in [-0.05, 0) is 33.7 Å². The summed E-state index contributed by atoms with van der Waals surface area (Å²) in [5.74, 6) is 4.96. The van der Waals surface area contributed by atoms with Gasteiger partial charge in [-0.1, -0.05) is 0 Å². The van der Waals surface area contributed by atoms with Gasteiger partial charge in [-0.25, -0.2) is 5.84 Å². The minimum Gasteiger partial charge on any atom is -0.462 e. The van der Waals surface area contributed by atoms with Crippen molar-refractivity contribution in [2.75, 3.05) is 13.1 Å². The first-order chi connectivity index (χ1) is 7.40. The zero-order valence-corrected chi connectivity index (χ0v) is 10.1. The number of hydrogen-bond donors (Lipinski definition) is 3. The summed E-state index contributed by atoms with van der Waals surface area (Å²) in [4.78, 5) is 20.3. The second-order valence-electron chi connectivity index (χ2n) is 4.52.